The van der Waals surface area contributed by atoms with Crippen molar-refractivity contribution in [2.24, 2.45) is 0 Å². The van der Waals surface area contributed by atoms with Crippen molar-refractivity contribution >= 4 is 17.8 Å². The Morgan fingerprint density at radius 3 is 2.20 bits per heavy atom. The summed E-state index contributed by atoms with van der Waals surface area (Å²) in [5, 5.41) is 0. The summed E-state index contributed by atoms with van der Waals surface area (Å²) in [4.78, 5) is 44.8. The molecule has 1 aliphatic heterocycles. The number of nitrogens with zero attached hydrogens (tertiary/aromatic N) is 2. The lowest BCUT2D eigenvalue weighted by Gasteiger charge is -2.24. The molecule has 7 nitrogen and oxygen atoms in total. The van der Waals surface area contributed by atoms with Gasteiger partial charge in [-0.2, -0.15) is 0 Å². The lowest BCUT2D eigenvalue weighted by Crippen LogP contribution is -2.47. The van der Waals surface area contributed by atoms with E-state index < -0.39 is 23.8 Å². The highest BCUT2D eigenvalue weighted by Gasteiger charge is 2.43. The summed E-state index contributed by atoms with van der Waals surface area (Å²) in [6.45, 7) is 1.84. The van der Waals surface area contributed by atoms with Gasteiger partial charge < -0.3 is 9.15 Å². The fourth-order valence-electron chi connectivity index (χ4n) is 4.05. The summed E-state index contributed by atoms with van der Waals surface area (Å²) in [7, 11) is 0. The Morgan fingerprint density at radius 2 is 1.54 bits per heavy atom. The van der Waals surface area contributed by atoms with Crippen LogP contribution in [0.15, 0.2) is 89.5 Å². The molecule has 0 spiro atoms. The fourth-order valence-corrected chi connectivity index (χ4v) is 4.05. The van der Waals surface area contributed by atoms with Gasteiger partial charge in [-0.25, -0.2) is 9.78 Å². The third kappa shape index (κ3) is 4.48. The van der Waals surface area contributed by atoms with Gasteiger partial charge in [0, 0.05) is 12.0 Å². The lowest BCUT2D eigenvalue weighted by atomic mass is 10.0. The Labute approximate surface area is 202 Å². The molecule has 0 saturated carbocycles. The van der Waals surface area contributed by atoms with Gasteiger partial charge in [-0.15, -0.1) is 0 Å². The number of carbonyl (C=O) groups excluding carboxylic acids is 3. The second-order valence-corrected chi connectivity index (χ2v) is 8.35. The van der Waals surface area contributed by atoms with Crippen LogP contribution >= 0.6 is 0 Å². The molecule has 4 aromatic rings. The molecular formula is C28H22N2O5. The van der Waals surface area contributed by atoms with E-state index in [0.29, 0.717) is 11.6 Å². The maximum Gasteiger partial charge on any atom is 0.330 e. The summed E-state index contributed by atoms with van der Waals surface area (Å²) in [5.74, 6) is -1.29. The second kappa shape index (κ2) is 9.38. The Morgan fingerprint density at radius 1 is 0.914 bits per heavy atom. The molecule has 0 saturated heterocycles. The van der Waals surface area contributed by atoms with Crippen molar-refractivity contribution < 1.29 is 23.5 Å². The Kier molecular flexibility index (Phi) is 5.97. The van der Waals surface area contributed by atoms with Gasteiger partial charge in [-0.05, 0) is 36.8 Å². The quantitative estimate of drug-likeness (QED) is 0.292. The van der Waals surface area contributed by atoms with E-state index >= 15 is 0 Å². The minimum atomic E-state index is -1.12. The van der Waals surface area contributed by atoms with Crippen molar-refractivity contribution in [3.05, 3.63) is 113 Å². The molecule has 0 unspecified atom stereocenters. The van der Waals surface area contributed by atoms with Crippen LogP contribution in [0.4, 0.5) is 0 Å². The zero-order chi connectivity index (χ0) is 24.4. The van der Waals surface area contributed by atoms with Gasteiger partial charge in [-0.1, -0.05) is 60.2 Å². The zero-order valence-electron chi connectivity index (χ0n) is 19.0. The third-order valence-electron chi connectivity index (χ3n) is 5.89. The first kappa shape index (κ1) is 22.3. The lowest BCUT2D eigenvalue weighted by molar-refractivity contribution is -0.149. The van der Waals surface area contributed by atoms with E-state index in [1.54, 1.807) is 24.3 Å². The van der Waals surface area contributed by atoms with Gasteiger partial charge in [0.2, 0.25) is 5.89 Å². The summed E-state index contributed by atoms with van der Waals surface area (Å²) < 4.78 is 11.1. The van der Waals surface area contributed by atoms with E-state index in [0.717, 1.165) is 21.6 Å². The molecule has 3 aromatic carbocycles. The summed E-state index contributed by atoms with van der Waals surface area (Å²) in [6.07, 6.45) is 1.56. The number of amides is 2. The van der Waals surface area contributed by atoms with Crippen LogP contribution in [0, 0.1) is 6.92 Å². The predicted molar refractivity (Wildman–Crippen MR) is 127 cm³/mol. The molecule has 174 valence electrons. The molecule has 2 amide bonds. The largest absolute Gasteiger partial charge is 0.457 e. The number of hydrogen-bond acceptors (Lipinski definition) is 6. The molecule has 35 heavy (non-hydrogen) atoms. The van der Waals surface area contributed by atoms with Crippen molar-refractivity contribution in [1.82, 2.24) is 9.88 Å². The van der Waals surface area contributed by atoms with E-state index in [2.05, 4.69) is 4.98 Å². The Balaban J connectivity index is 1.36. The monoisotopic (exact) mass is 466 g/mol. The first-order valence-corrected chi connectivity index (χ1v) is 11.2. The molecule has 0 N–H and O–H groups in total. The second-order valence-electron chi connectivity index (χ2n) is 8.35. The summed E-state index contributed by atoms with van der Waals surface area (Å²) >= 11 is 0. The first-order valence-electron chi connectivity index (χ1n) is 11.2. The van der Waals surface area contributed by atoms with Gasteiger partial charge in [0.15, 0.2) is 0 Å². The molecule has 1 atom stereocenters. The van der Waals surface area contributed by atoms with Crippen LogP contribution in [0.25, 0.3) is 11.5 Å². The number of oxazole rings is 1. The number of esters is 1. The van der Waals surface area contributed by atoms with E-state index in [-0.39, 0.29) is 24.2 Å². The van der Waals surface area contributed by atoms with E-state index in [1.165, 1.54) is 6.26 Å². The van der Waals surface area contributed by atoms with Gasteiger partial charge in [0.05, 0.1) is 11.1 Å². The van der Waals surface area contributed by atoms with Crippen LogP contribution in [0.3, 0.4) is 0 Å². The van der Waals surface area contributed by atoms with Gasteiger partial charge in [0.25, 0.3) is 11.8 Å². The molecule has 2 heterocycles. The number of fused-ring (bicyclic) bond motifs is 1. The van der Waals surface area contributed by atoms with Crippen LogP contribution < -0.4 is 0 Å². The summed E-state index contributed by atoms with van der Waals surface area (Å²) in [6, 6.07) is 22.3. The van der Waals surface area contributed by atoms with E-state index in [1.807, 2.05) is 61.5 Å². The van der Waals surface area contributed by atoms with Crippen molar-refractivity contribution in [1.29, 1.82) is 0 Å². The average Bonchev–Trinajstić information content (AvgIpc) is 3.45. The number of aryl methyl sites for hydroxylation is 1. The molecule has 1 aliphatic rings. The Bertz CT molecular complexity index is 1360. The number of imide groups is 1. The first-order chi connectivity index (χ1) is 17.0. The SMILES string of the molecule is Cc1ccc(-c2nc(COC(=O)[C@H](Cc3ccccc3)N3C(=O)c4ccccc4C3=O)co2)cc1. The zero-order valence-corrected chi connectivity index (χ0v) is 19.0. The number of rotatable bonds is 7. The van der Waals surface area contributed by atoms with Gasteiger partial charge >= 0.3 is 5.97 Å². The van der Waals surface area contributed by atoms with E-state index in [4.69, 9.17) is 9.15 Å². The number of ether oxygens (including phenoxy) is 1. The van der Waals surface area contributed by atoms with Crippen LogP contribution in [0.2, 0.25) is 0 Å². The maximum atomic E-state index is 13.2. The average molecular weight is 466 g/mol. The van der Waals surface area contributed by atoms with Crippen LogP contribution in [-0.4, -0.2) is 33.7 Å². The van der Waals surface area contributed by atoms with Gasteiger partial charge in [-0.3, -0.25) is 14.5 Å². The van der Waals surface area contributed by atoms with Crippen molar-refractivity contribution in [2.45, 2.75) is 26.0 Å². The molecule has 0 fully saturated rings. The minimum absolute atomic E-state index is 0.137. The molecule has 7 heteroatoms. The number of hydrogen-bond donors (Lipinski definition) is 0. The number of carbonyl (C=O) groups is 3. The molecule has 1 aromatic heterocycles. The highest BCUT2D eigenvalue weighted by atomic mass is 16.5. The van der Waals surface area contributed by atoms with Crippen LogP contribution in [0.5, 0.6) is 0 Å². The highest BCUT2D eigenvalue weighted by Crippen LogP contribution is 2.27. The minimum Gasteiger partial charge on any atom is -0.457 e. The third-order valence-corrected chi connectivity index (χ3v) is 5.89. The molecule has 5 rings (SSSR count). The van der Waals surface area contributed by atoms with Crippen molar-refractivity contribution in [2.75, 3.05) is 0 Å². The fraction of sp³-hybridized carbons (Fsp3) is 0.143. The smallest absolute Gasteiger partial charge is 0.330 e. The molecule has 0 aliphatic carbocycles. The molecular weight excluding hydrogens is 444 g/mol. The van der Waals surface area contributed by atoms with Crippen molar-refractivity contribution in [3.8, 4) is 11.5 Å². The summed E-state index contributed by atoms with van der Waals surface area (Å²) in [5.41, 5.74) is 3.71. The Hall–Kier alpha value is -4.52. The molecule has 0 radical (unpaired) electrons. The van der Waals surface area contributed by atoms with Gasteiger partial charge in [0.1, 0.15) is 24.6 Å². The maximum absolute atomic E-state index is 13.2. The topological polar surface area (TPSA) is 89.7 Å². The highest BCUT2D eigenvalue weighted by molar-refractivity contribution is 6.22. The van der Waals surface area contributed by atoms with E-state index in [9.17, 15) is 14.4 Å². The number of aromatic nitrogens is 1. The predicted octanol–water partition coefficient (Wildman–Crippen LogP) is 4.60. The number of benzene rings is 3. The standard InChI is InChI=1S/C28H22N2O5/c1-18-11-13-20(14-12-18)25-29-21(16-34-25)17-35-28(33)24(15-19-7-3-2-4-8-19)30-26(31)22-9-5-6-10-23(22)27(30)32/h2-14,16,24H,15,17H2,1H3/t24-/m0/s1. The normalized spacial score (nSPS) is 13.6. The van der Waals surface area contributed by atoms with Crippen LogP contribution in [-0.2, 0) is 22.6 Å². The van der Waals surface area contributed by atoms with Crippen LogP contribution in [0.1, 0.15) is 37.5 Å². The molecule has 0 bridgehead atoms. The van der Waals surface area contributed by atoms with Crippen molar-refractivity contribution in [3.63, 3.8) is 0 Å².